The molecule has 0 N–H and O–H groups in total. The molecule has 7 rings (SSSR count). The van der Waals surface area contributed by atoms with Gasteiger partial charge in [0.25, 0.3) is 0 Å². The van der Waals surface area contributed by atoms with Gasteiger partial charge in [0.2, 0.25) is 16.9 Å². The summed E-state index contributed by atoms with van der Waals surface area (Å²) in [4.78, 5) is 0. The van der Waals surface area contributed by atoms with Crippen molar-refractivity contribution in [1.82, 2.24) is 0 Å². The van der Waals surface area contributed by atoms with E-state index in [1.54, 1.807) is 0 Å². The second-order valence-corrected chi connectivity index (χ2v) is 11.2. The first-order valence-electron chi connectivity index (χ1n) is 14.2. The Morgan fingerprint density at radius 3 is 1.52 bits per heavy atom. The quantitative estimate of drug-likeness (QED) is 0.0856. The van der Waals surface area contributed by atoms with E-state index in [1.165, 1.54) is 61.5 Å². The zero-order chi connectivity index (χ0) is 29.3. The monoisotopic (exact) mass is 585 g/mol. The molecule has 4 aromatic carbocycles. The van der Waals surface area contributed by atoms with Gasteiger partial charge in [-0.15, -0.1) is 0 Å². The van der Waals surface area contributed by atoms with Gasteiger partial charge in [0.15, 0.2) is 0 Å². The molecule has 0 radical (unpaired) electrons. The molecule has 1 aromatic heterocycles. The van der Waals surface area contributed by atoms with E-state index in [2.05, 4.69) is 114 Å². The predicted octanol–water partition coefficient (Wildman–Crippen LogP) is 9.45. The summed E-state index contributed by atoms with van der Waals surface area (Å²) in [7, 11) is -6.00. The normalized spacial score (nSPS) is 13.9. The summed E-state index contributed by atoms with van der Waals surface area (Å²) in [6.45, 7) is 0. The average molecular weight is 586 g/mol. The molecule has 7 heteroatoms. The van der Waals surface area contributed by atoms with Crippen molar-refractivity contribution in [3.8, 4) is 33.6 Å². The number of benzene rings is 4. The molecule has 0 bridgehead atoms. The van der Waals surface area contributed by atoms with Gasteiger partial charge in [-0.25, -0.2) is 0 Å². The zero-order valence-electron chi connectivity index (χ0n) is 22.9. The molecule has 1 nitrogen and oxygen atoms in total. The van der Waals surface area contributed by atoms with Crippen LogP contribution in [-0.4, -0.2) is 7.25 Å². The number of hydrogen-bond donors (Lipinski definition) is 0. The third-order valence-corrected chi connectivity index (χ3v) is 8.43. The largest absolute Gasteiger partial charge is 0.673 e. The summed E-state index contributed by atoms with van der Waals surface area (Å²) in [5.74, 6) is 0. The van der Waals surface area contributed by atoms with Gasteiger partial charge in [-0.2, -0.15) is 4.57 Å². The predicted molar refractivity (Wildman–Crippen MR) is 163 cm³/mol. The Hall–Kier alpha value is -3.90. The van der Waals surface area contributed by atoms with E-state index < -0.39 is 7.25 Å². The Kier molecular flexibility index (Phi) is 7.91. The molecule has 0 fully saturated rings. The topological polar surface area (TPSA) is 3.88 Å². The van der Waals surface area contributed by atoms with Crippen LogP contribution in [0.15, 0.2) is 109 Å². The summed E-state index contributed by atoms with van der Waals surface area (Å²) in [6.07, 6.45) is 4.95. The molecular formula is C35H29BClF4N. The van der Waals surface area contributed by atoms with Crippen molar-refractivity contribution >= 4 is 18.9 Å². The van der Waals surface area contributed by atoms with Crippen molar-refractivity contribution in [2.24, 2.45) is 0 Å². The van der Waals surface area contributed by atoms with Gasteiger partial charge < -0.3 is 17.3 Å². The lowest BCUT2D eigenvalue weighted by Gasteiger charge is -2.29. The standard InChI is InChI=1S/C35H29ClN.BF4/c36-32(23-24-11-3-1-4-12-24)37-34-28-17-9-7-13-25(28)19-21-30(34)33(27-15-5-2-6-16-27)31-22-20-26-14-8-10-18-29(26)35(31)37;2-1(3,4)5/h1-18,32H,19-23H2;/q+1;-1. The van der Waals surface area contributed by atoms with Crippen LogP contribution < -0.4 is 4.57 Å². The molecule has 1 heterocycles. The van der Waals surface area contributed by atoms with Gasteiger partial charge in [-0.3, -0.25) is 0 Å². The Morgan fingerprint density at radius 1 is 0.595 bits per heavy atom. The number of alkyl halides is 1. The van der Waals surface area contributed by atoms with Gasteiger partial charge in [0, 0.05) is 27.8 Å². The maximum absolute atomic E-state index is 9.75. The number of rotatable bonds is 4. The molecule has 2 aliphatic carbocycles. The Balaban J connectivity index is 0.000000585. The van der Waals surface area contributed by atoms with E-state index >= 15 is 0 Å². The highest BCUT2D eigenvalue weighted by atomic mass is 35.5. The molecule has 0 spiro atoms. The first kappa shape index (κ1) is 28.2. The van der Waals surface area contributed by atoms with Crippen molar-refractivity contribution in [3.63, 3.8) is 0 Å². The lowest BCUT2D eigenvalue weighted by atomic mass is 9.77. The molecular weight excluding hydrogens is 557 g/mol. The number of pyridine rings is 1. The molecule has 1 unspecified atom stereocenters. The van der Waals surface area contributed by atoms with Crippen molar-refractivity contribution in [3.05, 3.63) is 137 Å². The number of nitrogens with zero attached hydrogens (tertiary/aromatic N) is 1. The van der Waals surface area contributed by atoms with E-state index in [1.807, 2.05) is 0 Å². The Morgan fingerprint density at radius 2 is 1.02 bits per heavy atom. The minimum Gasteiger partial charge on any atom is -0.418 e. The number of hydrogen-bond acceptors (Lipinski definition) is 0. The minimum absolute atomic E-state index is 0.202. The number of aromatic nitrogens is 1. The molecule has 212 valence electrons. The SMILES string of the molecule is ClC(Cc1ccccc1)[n+]1c2c(c(-c3ccccc3)c3c1-c1ccccc1CC3)CCc1ccccc1-2.F[B-](F)(F)F. The van der Waals surface area contributed by atoms with Crippen LogP contribution in [0.5, 0.6) is 0 Å². The van der Waals surface area contributed by atoms with Gasteiger partial charge in [0.05, 0.1) is 6.42 Å². The third-order valence-electron chi connectivity index (χ3n) is 8.08. The number of aryl methyl sites for hydroxylation is 2. The Labute approximate surface area is 248 Å². The fourth-order valence-electron chi connectivity index (χ4n) is 6.48. The maximum Gasteiger partial charge on any atom is 0.673 e. The van der Waals surface area contributed by atoms with Crippen LogP contribution in [0.3, 0.4) is 0 Å². The lowest BCUT2D eigenvalue weighted by Crippen LogP contribution is -2.46. The zero-order valence-corrected chi connectivity index (χ0v) is 23.7. The fraction of sp³-hybridized carbons (Fsp3) is 0.171. The van der Waals surface area contributed by atoms with Crippen LogP contribution >= 0.6 is 11.6 Å². The summed E-state index contributed by atoms with van der Waals surface area (Å²) in [5, 5.41) is 0. The molecule has 42 heavy (non-hydrogen) atoms. The van der Waals surface area contributed by atoms with E-state index in [-0.39, 0.29) is 5.50 Å². The molecule has 0 aliphatic heterocycles. The van der Waals surface area contributed by atoms with Crippen molar-refractivity contribution < 1.29 is 21.8 Å². The highest BCUT2D eigenvalue weighted by Crippen LogP contribution is 2.45. The van der Waals surface area contributed by atoms with Crippen molar-refractivity contribution in [1.29, 1.82) is 0 Å². The lowest BCUT2D eigenvalue weighted by molar-refractivity contribution is -0.681. The molecule has 1 atom stereocenters. The van der Waals surface area contributed by atoms with Gasteiger partial charge in [-0.05, 0) is 71.7 Å². The maximum atomic E-state index is 9.75. The average Bonchev–Trinajstić information content (AvgIpc) is 2.99. The second kappa shape index (κ2) is 11.8. The first-order valence-corrected chi connectivity index (χ1v) is 14.6. The number of halogens is 5. The van der Waals surface area contributed by atoms with Crippen LogP contribution in [0, 0.1) is 0 Å². The van der Waals surface area contributed by atoms with Crippen LogP contribution in [0.2, 0.25) is 0 Å². The summed E-state index contributed by atoms with van der Waals surface area (Å²) in [5.41, 5.74) is 14.8. The van der Waals surface area contributed by atoms with Gasteiger partial charge >= 0.3 is 7.25 Å². The molecule has 2 aliphatic rings. The molecule has 0 amide bonds. The van der Waals surface area contributed by atoms with Crippen LogP contribution in [0.1, 0.15) is 33.3 Å². The minimum atomic E-state index is -6.00. The highest BCUT2D eigenvalue weighted by Gasteiger charge is 2.40. The molecule has 0 saturated heterocycles. The van der Waals surface area contributed by atoms with E-state index in [0.717, 1.165) is 32.1 Å². The number of fused-ring (bicyclic) bond motifs is 6. The van der Waals surface area contributed by atoms with Gasteiger partial charge in [-0.1, -0.05) is 97.1 Å². The van der Waals surface area contributed by atoms with E-state index in [4.69, 9.17) is 11.6 Å². The third kappa shape index (κ3) is 5.73. The van der Waals surface area contributed by atoms with Crippen LogP contribution in [0.4, 0.5) is 17.3 Å². The van der Waals surface area contributed by atoms with Crippen LogP contribution in [0.25, 0.3) is 33.6 Å². The van der Waals surface area contributed by atoms with E-state index in [0.29, 0.717) is 0 Å². The summed E-state index contributed by atoms with van der Waals surface area (Å²) >= 11 is 7.51. The second-order valence-electron chi connectivity index (χ2n) is 10.7. The smallest absolute Gasteiger partial charge is 0.418 e. The molecule has 0 saturated carbocycles. The molecule has 5 aromatic rings. The van der Waals surface area contributed by atoms with E-state index in [9.17, 15) is 17.3 Å². The first-order chi connectivity index (χ1) is 20.3. The highest BCUT2D eigenvalue weighted by molar-refractivity contribution is 6.50. The van der Waals surface area contributed by atoms with Crippen molar-refractivity contribution in [2.45, 2.75) is 37.6 Å². The van der Waals surface area contributed by atoms with Crippen LogP contribution in [-0.2, 0) is 32.1 Å². The Bertz CT molecular complexity index is 1640. The summed E-state index contributed by atoms with van der Waals surface area (Å²) < 4.78 is 41.5. The summed E-state index contributed by atoms with van der Waals surface area (Å²) in [6, 6.07) is 39.6. The fourth-order valence-corrected chi connectivity index (χ4v) is 6.86. The van der Waals surface area contributed by atoms with Crippen molar-refractivity contribution in [2.75, 3.05) is 0 Å². The van der Waals surface area contributed by atoms with Gasteiger partial charge in [0.1, 0.15) is 0 Å².